The van der Waals surface area contributed by atoms with Crippen LogP contribution < -0.4 is 5.32 Å². The Morgan fingerprint density at radius 1 is 1.64 bits per heavy atom. The van der Waals surface area contributed by atoms with Crippen LogP contribution in [0.3, 0.4) is 0 Å². The molecule has 82 valence electrons. The Bertz CT molecular complexity index is 226. The van der Waals surface area contributed by atoms with Gasteiger partial charge in [0, 0.05) is 35.2 Å². The fraction of sp³-hybridized carbons (Fsp3) is 0.833. The van der Waals surface area contributed by atoms with Crippen molar-refractivity contribution in [3.05, 3.63) is 4.91 Å². The van der Waals surface area contributed by atoms with Crippen LogP contribution in [-0.2, 0) is 10.8 Å². The maximum absolute atomic E-state index is 11.1. The lowest BCUT2D eigenvalue weighted by molar-refractivity contribution is 0.203. The van der Waals surface area contributed by atoms with E-state index < -0.39 is 16.8 Å². The van der Waals surface area contributed by atoms with Crippen molar-refractivity contribution in [3.8, 4) is 0 Å². The summed E-state index contributed by atoms with van der Waals surface area (Å²) in [5.41, 5.74) is 0. The number of rotatable bonds is 6. The molecule has 0 spiro atoms. The first-order valence-corrected chi connectivity index (χ1v) is 6.12. The first kappa shape index (κ1) is 13.3. The van der Waals surface area contributed by atoms with Gasteiger partial charge in [0.15, 0.2) is 0 Å². The van der Waals surface area contributed by atoms with E-state index >= 15 is 0 Å². The number of halogens is 1. The van der Waals surface area contributed by atoms with Crippen LogP contribution in [0.4, 0.5) is 4.79 Å². The topological polar surface area (TPSA) is 78.8 Å². The van der Waals surface area contributed by atoms with Gasteiger partial charge in [-0.2, -0.15) is 5.01 Å². The SMILES string of the molecule is CS(=O)CCN(N=O)C(=O)NCCCl. The lowest BCUT2D eigenvalue weighted by Gasteiger charge is -2.12. The number of urea groups is 1. The quantitative estimate of drug-likeness (QED) is 0.413. The molecule has 0 heterocycles. The van der Waals surface area contributed by atoms with Gasteiger partial charge in [-0.25, -0.2) is 4.79 Å². The Balaban J connectivity index is 3.92. The van der Waals surface area contributed by atoms with E-state index in [1.807, 2.05) is 0 Å². The molecule has 1 N–H and O–H groups in total. The van der Waals surface area contributed by atoms with Crippen molar-refractivity contribution in [1.82, 2.24) is 10.3 Å². The predicted molar refractivity (Wildman–Crippen MR) is 55.6 cm³/mol. The van der Waals surface area contributed by atoms with Crippen molar-refractivity contribution in [2.45, 2.75) is 0 Å². The Morgan fingerprint density at radius 2 is 2.29 bits per heavy atom. The summed E-state index contributed by atoms with van der Waals surface area (Å²) in [4.78, 5) is 21.3. The first-order valence-electron chi connectivity index (χ1n) is 3.86. The number of carbonyl (C=O) groups is 1. The Labute approximate surface area is 89.4 Å². The van der Waals surface area contributed by atoms with Crippen molar-refractivity contribution < 1.29 is 9.00 Å². The molecule has 14 heavy (non-hydrogen) atoms. The highest BCUT2D eigenvalue weighted by Crippen LogP contribution is 1.91. The van der Waals surface area contributed by atoms with E-state index in [0.29, 0.717) is 5.01 Å². The van der Waals surface area contributed by atoms with Gasteiger partial charge in [-0.1, -0.05) is 0 Å². The van der Waals surface area contributed by atoms with Crippen molar-refractivity contribution in [2.75, 3.05) is 31.0 Å². The predicted octanol–water partition coefficient (Wildman–Crippen LogP) is 0.297. The van der Waals surface area contributed by atoms with Crippen LogP contribution in [0.25, 0.3) is 0 Å². The third kappa shape index (κ3) is 5.87. The highest BCUT2D eigenvalue weighted by atomic mass is 35.5. The van der Waals surface area contributed by atoms with Gasteiger partial charge >= 0.3 is 6.03 Å². The standard InChI is InChI=1S/C6H12ClN3O3S/c1-14(13)5-4-10(9-12)6(11)8-3-2-7/h2-5H2,1H3,(H,8,11). The van der Waals surface area contributed by atoms with Crippen LogP contribution >= 0.6 is 11.6 Å². The van der Waals surface area contributed by atoms with Gasteiger partial charge in [0.05, 0.1) is 11.8 Å². The molecule has 0 aromatic rings. The zero-order valence-electron chi connectivity index (χ0n) is 7.73. The average molecular weight is 242 g/mol. The zero-order chi connectivity index (χ0) is 11.0. The van der Waals surface area contributed by atoms with E-state index in [9.17, 15) is 13.9 Å². The Kier molecular flexibility index (Phi) is 7.31. The van der Waals surface area contributed by atoms with Crippen molar-refractivity contribution in [1.29, 1.82) is 0 Å². The normalized spacial score (nSPS) is 11.9. The van der Waals surface area contributed by atoms with E-state index in [4.69, 9.17) is 11.6 Å². The number of nitrogens with zero attached hydrogens (tertiary/aromatic N) is 2. The van der Waals surface area contributed by atoms with Crippen LogP contribution in [0.5, 0.6) is 0 Å². The highest BCUT2D eigenvalue weighted by molar-refractivity contribution is 7.84. The van der Waals surface area contributed by atoms with Gasteiger partial charge in [0.2, 0.25) is 0 Å². The molecule has 0 saturated heterocycles. The second kappa shape index (κ2) is 7.69. The zero-order valence-corrected chi connectivity index (χ0v) is 9.31. The molecule has 2 amide bonds. The molecule has 0 aliphatic heterocycles. The summed E-state index contributed by atoms with van der Waals surface area (Å²) in [7, 11) is -1.06. The summed E-state index contributed by atoms with van der Waals surface area (Å²) in [6, 6.07) is -0.619. The van der Waals surface area contributed by atoms with Crippen LogP contribution in [0.2, 0.25) is 0 Å². The number of nitroso groups, excluding NO2 is 1. The molecular weight excluding hydrogens is 230 g/mol. The number of nitrogens with one attached hydrogen (secondary N) is 1. The maximum Gasteiger partial charge on any atom is 0.340 e. The summed E-state index contributed by atoms with van der Waals surface area (Å²) in [6.45, 7) is 0.308. The lowest BCUT2D eigenvalue weighted by atomic mass is 10.6. The Morgan fingerprint density at radius 3 is 2.71 bits per heavy atom. The average Bonchev–Trinajstić information content (AvgIpc) is 2.15. The molecule has 0 saturated carbocycles. The molecule has 1 atom stereocenters. The molecule has 6 nitrogen and oxygen atoms in total. The second-order valence-electron chi connectivity index (χ2n) is 2.40. The van der Waals surface area contributed by atoms with E-state index in [1.54, 1.807) is 0 Å². The van der Waals surface area contributed by atoms with Crippen LogP contribution in [0.1, 0.15) is 0 Å². The molecule has 0 rings (SSSR count). The van der Waals surface area contributed by atoms with Gasteiger partial charge < -0.3 is 5.32 Å². The third-order valence-electron chi connectivity index (χ3n) is 1.29. The number of carbonyl (C=O) groups excluding carboxylic acids is 1. The maximum atomic E-state index is 11.1. The first-order chi connectivity index (χ1) is 6.61. The van der Waals surface area contributed by atoms with E-state index in [1.165, 1.54) is 6.26 Å². The molecule has 0 aromatic heterocycles. The van der Waals surface area contributed by atoms with E-state index in [0.717, 1.165) is 0 Å². The van der Waals surface area contributed by atoms with Crippen LogP contribution in [0.15, 0.2) is 5.29 Å². The highest BCUT2D eigenvalue weighted by Gasteiger charge is 2.13. The third-order valence-corrected chi connectivity index (χ3v) is 2.24. The largest absolute Gasteiger partial charge is 0.340 e. The second-order valence-corrected chi connectivity index (χ2v) is 4.34. The fourth-order valence-electron chi connectivity index (χ4n) is 0.640. The number of hydrogen-bond acceptors (Lipinski definition) is 4. The smallest absolute Gasteiger partial charge is 0.335 e. The van der Waals surface area contributed by atoms with Gasteiger partial charge in [-0.3, -0.25) is 4.21 Å². The van der Waals surface area contributed by atoms with Crippen molar-refractivity contribution in [2.24, 2.45) is 5.29 Å². The lowest BCUT2D eigenvalue weighted by Crippen LogP contribution is -2.39. The number of alkyl halides is 1. The molecule has 0 aliphatic carbocycles. The van der Waals surface area contributed by atoms with Gasteiger partial charge in [0.1, 0.15) is 0 Å². The molecule has 1 unspecified atom stereocenters. The Hall–Kier alpha value is -0.690. The molecule has 0 bridgehead atoms. The van der Waals surface area contributed by atoms with E-state index in [2.05, 4.69) is 10.6 Å². The van der Waals surface area contributed by atoms with Crippen molar-refractivity contribution >= 4 is 28.4 Å². The van der Waals surface area contributed by atoms with E-state index in [-0.39, 0.29) is 24.7 Å². The molecule has 8 heteroatoms. The van der Waals surface area contributed by atoms with Crippen LogP contribution in [0, 0.1) is 4.91 Å². The summed E-state index contributed by atoms with van der Waals surface area (Å²) in [5.74, 6) is 0.484. The number of hydrogen-bond donors (Lipinski definition) is 1. The minimum absolute atomic E-state index is 0.0424. The fourth-order valence-corrected chi connectivity index (χ4v) is 1.16. The van der Waals surface area contributed by atoms with Gasteiger partial charge in [0.25, 0.3) is 0 Å². The summed E-state index contributed by atoms with van der Waals surface area (Å²) >= 11 is 5.33. The van der Waals surface area contributed by atoms with Gasteiger partial charge in [-0.15, -0.1) is 16.5 Å². The molecule has 0 fully saturated rings. The molecule has 0 radical (unpaired) electrons. The summed E-state index contributed by atoms with van der Waals surface area (Å²) in [5, 5.41) is 5.56. The minimum Gasteiger partial charge on any atom is -0.335 e. The molecular formula is C6H12ClN3O3S. The van der Waals surface area contributed by atoms with Gasteiger partial charge in [-0.05, 0) is 0 Å². The molecule has 0 aromatic carbocycles. The minimum atomic E-state index is -1.06. The van der Waals surface area contributed by atoms with Crippen molar-refractivity contribution in [3.63, 3.8) is 0 Å². The number of amides is 2. The molecule has 0 aliphatic rings. The van der Waals surface area contributed by atoms with Crippen LogP contribution in [-0.4, -0.2) is 46.2 Å². The monoisotopic (exact) mass is 241 g/mol. The summed E-state index contributed by atoms with van der Waals surface area (Å²) < 4.78 is 10.7. The summed E-state index contributed by atoms with van der Waals surface area (Å²) in [6.07, 6.45) is 1.49.